The number of H-pyrrole nitrogens is 1. The molecule has 0 aliphatic heterocycles. The second kappa shape index (κ2) is 5.59. The third-order valence-electron chi connectivity index (χ3n) is 2.51. The molecule has 0 saturated heterocycles. The van der Waals surface area contributed by atoms with Crippen LogP contribution in [0.5, 0.6) is 0 Å². The topological polar surface area (TPSA) is 28.7 Å². The van der Waals surface area contributed by atoms with Gasteiger partial charge in [0.05, 0.1) is 5.02 Å². The van der Waals surface area contributed by atoms with Crippen LogP contribution in [0.2, 0.25) is 5.02 Å². The van der Waals surface area contributed by atoms with Crippen LogP contribution >= 0.6 is 23.8 Å². The van der Waals surface area contributed by atoms with Crippen molar-refractivity contribution in [1.82, 2.24) is 9.97 Å². The summed E-state index contributed by atoms with van der Waals surface area (Å²) in [4.78, 5) is 7.43. The summed E-state index contributed by atoms with van der Waals surface area (Å²) in [5, 5.41) is 0.0978. The summed E-state index contributed by atoms with van der Waals surface area (Å²) in [5.41, 5.74) is 1.60. The fourth-order valence-corrected chi connectivity index (χ4v) is 2.09. The van der Waals surface area contributed by atoms with E-state index in [4.69, 9.17) is 23.8 Å². The maximum atomic E-state index is 13.1. The molecule has 0 aliphatic carbocycles. The third kappa shape index (κ3) is 2.94. The van der Waals surface area contributed by atoms with E-state index in [1.807, 2.05) is 0 Å². The number of aromatic nitrogens is 2. The van der Waals surface area contributed by atoms with Crippen LogP contribution < -0.4 is 0 Å². The molecule has 1 heterocycles. The van der Waals surface area contributed by atoms with E-state index in [1.54, 1.807) is 18.2 Å². The lowest BCUT2D eigenvalue weighted by molar-refractivity contribution is 0.628. The van der Waals surface area contributed by atoms with Gasteiger partial charge in [0, 0.05) is 12.1 Å². The fourth-order valence-electron chi connectivity index (χ4n) is 1.68. The quantitative estimate of drug-likeness (QED) is 0.837. The van der Waals surface area contributed by atoms with Gasteiger partial charge in [-0.3, -0.25) is 0 Å². The van der Waals surface area contributed by atoms with Crippen LogP contribution in [0.15, 0.2) is 24.3 Å². The summed E-state index contributed by atoms with van der Waals surface area (Å²) < 4.78 is 13.6. The summed E-state index contributed by atoms with van der Waals surface area (Å²) in [6.07, 6.45) is 1.80. The van der Waals surface area contributed by atoms with E-state index in [0.29, 0.717) is 4.64 Å². The van der Waals surface area contributed by atoms with Crippen molar-refractivity contribution in [3.8, 4) is 11.3 Å². The van der Waals surface area contributed by atoms with E-state index in [1.165, 1.54) is 6.07 Å². The van der Waals surface area contributed by atoms with Crippen molar-refractivity contribution >= 4 is 23.8 Å². The maximum absolute atomic E-state index is 13.1. The zero-order valence-electron chi connectivity index (χ0n) is 9.84. The molecule has 2 aromatic rings. The van der Waals surface area contributed by atoms with E-state index < -0.39 is 5.82 Å². The van der Waals surface area contributed by atoms with Crippen LogP contribution in [0, 0.1) is 10.5 Å². The minimum absolute atomic E-state index is 0.0978. The van der Waals surface area contributed by atoms with Crippen LogP contribution in [0.1, 0.15) is 19.2 Å². The molecule has 1 N–H and O–H groups in total. The van der Waals surface area contributed by atoms with E-state index in [2.05, 4.69) is 16.9 Å². The zero-order valence-corrected chi connectivity index (χ0v) is 11.4. The lowest BCUT2D eigenvalue weighted by atomic mass is 10.1. The number of nitrogens with one attached hydrogen (secondary N) is 1. The van der Waals surface area contributed by atoms with Gasteiger partial charge in [-0.05, 0) is 36.2 Å². The average Bonchev–Trinajstić information content (AvgIpc) is 2.32. The first kappa shape index (κ1) is 13.2. The molecule has 0 bridgehead atoms. The van der Waals surface area contributed by atoms with Crippen LogP contribution in [-0.2, 0) is 6.42 Å². The van der Waals surface area contributed by atoms with Crippen molar-refractivity contribution < 1.29 is 4.39 Å². The second-order valence-corrected chi connectivity index (χ2v) is 4.78. The van der Waals surface area contributed by atoms with E-state index in [0.717, 1.165) is 29.9 Å². The van der Waals surface area contributed by atoms with Crippen molar-refractivity contribution in [3.05, 3.63) is 45.6 Å². The van der Waals surface area contributed by atoms with Gasteiger partial charge in [0.2, 0.25) is 0 Å². The smallest absolute Gasteiger partial charge is 0.141 e. The Morgan fingerprint density at radius 3 is 2.83 bits per heavy atom. The van der Waals surface area contributed by atoms with Gasteiger partial charge in [-0.15, -0.1) is 0 Å². The SMILES string of the molecule is CCCc1nc(=S)cc(-c2ccc(F)c(Cl)c2)[nH]1. The predicted molar refractivity (Wildman–Crippen MR) is 73.8 cm³/mol. The molecule has 0 amide bonds. The molecule has 0 unspecified atom stereocenters. The molecular formula is C13H12ClFN2S. The minimum Gasteiger partial charge on any atom is -0.343 e. The molecule has 94 valence electrons. The summed E-state index contributed by atoms with van der Waals surface area (Å²) >= 11 is 10.9. The standard InChI is InChI=1S/C13H12ClFN2S/c1-2-3-12-16-11(7-13(18)17-12)8-4-5-10(15)9(14)6-8/h4-7H,2-3H2,1H3,(H,16,17,18). The second-order valence-electron chi connectivity index (χ2n) is 3.96. The first-order valence-corrected chi connectivity index (χ1v) is 6.44. The Morgan fingerprint density at radius 1 is 1.39 bits per heavy atom. The Balaban J connectivity index is 2.49. The Kier molecular flexibility index (Phi) is 4.09. The van der Waals surface area contributed by atoms with Gasteiger partial charge in [0.25, 0.3) is 0 Å². The number of rotatable bonds is 3. The van der Waals surface area contributed by atoms with Gasteiger partial charge in [-0.25, -0.2) is 9.37 Å². The highest BCUT2D eigenvalue weighted by Crippen LogP contribution is 2.23. The molecule has 5 heteroatoms. The molecule has 0 fully saturated rings. The maximum Gasteiger partial charge on any atom is 0.141 e. The third-order valence-corrected chi connectivity index (χ3v) is 3.01. The van der Waals surface area contributed by atoms with Crippen LogP contribution in [0.3, 0.4) is 0 Å². The number of aryl methyl sites for hydroxylation is 1. The molecule has 0 radical (unpaired) electrons. The molecule has 0 saturated carbocycles. The van der Waals surface area contributed by atoms with E-state index >= 15 is 0 Å². The Labute approximate surface area is 115 Å². The summed E-state index contributed by atoms with van der Waals surface area (Å²) in [7, 11) is 0. The van der Waals surface area contributed by atoms with Gasteiger partial charge in [0.1, 0.15) is 16.3 Å². The first-order valence-electron chi connectivity index (χ1n) is 5.66. The molecule has 0 spiro atoms. The lowest BCUT2D eigenvalue weighted by Crippen LogP contribution is -1.97. The number of nitrogens with zero attached hydrogens (tertiary/aromatic N) is 1. The average molecular weight is 283 g/mol. The summed E-state index contributed by atoms with van der Waals surface area (Å²) in [5.74, 6) is 0.405. The number of hydrogen-bond donors (Lipinski definition) is 1. The van der Waals surface area contributed by atoms with Gasteiger partial charge in [-0.2, -0.15) is 0 Å². The summed E-state index contributed by atoms with van der Waals surface area (Å²) in [6.45, 7) is 2.07. The largest absolute Gasteiger partial charge is 0.343 e. The number of aromatic amines is 1. The lowest BCUT2D eigenvalue weighted by Gasteiger charge is -2.06. The van der Waals surface area contributed by atoms with Crippen molar-refractivity contribution in [2.24, 2.45) is 0 Å². The molecular weight excluding hydrogens is 271 g/mol. The zero-order chi connectivity index (χ0) is 13.1. The Bertz CT molecular complexity index is 625. The Morgan fingerprint density at radius 2 is 2.17 bits per heavy atom. The van der Waals surface area contributed by atoms with Crippen LogP contribution in [0.4, 0.5) is 4.39 Å². The first-order chi connectivity index (χ1) is 8.60. The van der Waals surface area contributed by atoms with Crippen molar-refractivity contribution in [2.45, 2.75) is 19.8 Å². The van der Waals surface area contributed by atoms with Gasteiger partial charge in [-0.1, -0.05) is 30.7 Å². The number of halogens is 2. The Hall–Kier alpha value is -1.26. The van der Waals surface area contributed by atoms with Crippen molar-refractivity contribution in [3.63, 3.8) is 0 Å². The highest BCUT2D eigenvalue weighted by atomic mass is 35.5. The van der Waals surface area contributed by atoms with Gasteiger partial charge in [0.15, 0.2) is 0 Å². The summed E-state index contributed by atoms with van der Waals surface area (Å²) in [6, 6.07) is 6.33. The molecule has 2 rings (SSSR count). The molecule has 18 heavy (non-hydrogen) atoms. The van der Waals surface area contributed by atoms with Gasteiger partial charge < -0.3 is 4.98 Å². The fraction of sp³-hybridized carbons (Fsp3) is 0.231. The monoisotopic (exact) mass is 282 g/mol. The predicted octanol–water partition coefficient (Wildman–Crippen LogP) is 4.55. The highest BCUT2D eigenvalue weighted by Gasteiger charge is 2.05. The van der Waals surface area contributed by atoms with Gasteiger partial charge >= 0.3 is 0 Å². The molecule has 1 aromatic heterocycles. The van der Waals surface area contributed by atoms with E-state index in [9.17, 15) is 4.39 Å². The molecule has 0 aliphatic rings. The minimum atomic E-state index is -0.429. The molecule has 2 nitrogen and oxygen atoms in total. The van der Waals surface area contributed by atoms with E-state index in [-0.39, 0.29) is 5.02 Å². The number of benzene rings is 1. The van der Waals surface area contributed by atoms with Crippen LogP contribution in [0.25, 0.3) is 11.3 Å². The van der Waals surface area contributed by atoms with Crippen molar-refractivity contribution in [2.75, 3.05) is 0 Å². The molecule has 1 aromatic carbocycles. The highest BCUT2D eigenvalue weighted by molar-refractivity contribution is 7.71. The molecule has 0 atom stereocenters. The van der Waals surface area contributed by atoms with Crippen LogP contribution in [-0.4, -0.2) is 9.97 Å². The van der Waals surface area contributed by atoms with Crippen molar-refractivity contribution in [1.29, 1.82) is 0 Å². The number of hydrogen-bond acceptors (Lipinski definition) is 2. The normalized spacial score (nSPS) is 10.6.